The molecule has 3 aromatic rings. The molecule has 1 aliphatic rings. The molecule has 2 aromatic heterocycles. The van der Waals surface area contributed by atoms with Crippen LogP contribution in [0.25, 0.3) is 11.2 Å². The molecule has 1 aliphatic heterocycles. The Hall–Kier alpha value is -3.72. The van der Waals surface area contributed by atoms with Gasteiger partial charge in [-0.15, -0.1) is 0 Å². The van der Waals surface area contributed by atoms with E-state index in [4.69, 9.17) is 9.47 Å². The minimum absolute atomic E-state index is 0.0162. The predicted molar refractivity (Wildman–Crippen MR) is 115 cm³/mol. The number of carbonyl (C=O) groups is 1. The number of non-ortho nitro benzene ring substituents is 1. The van der Waals surface area contributed by atoms with E-state index in [-0.39, 0.29) is 35.3 Å². The van der Waals surface area contributed by atoms with Crippen LogP contribution < -0.4 is 10.1 Å². The van der Waals surface area contributed by atoms with Gasteiger partial charge in [0, 0.05) is 25.5 Å². The molecule has 0 bridgehead atoms. The number of carbonyl (C=O) groups excluding carboxylic acids is 1. The number of hydrogen-bond donors (Lipinski definition) is 4. The van der Waals surface area contributed by atoms with Crippen molar-refractivity contribution in [1.29, 1.82) is 0 Å². The number of aliphatic hydroxyl groups excluding tert-OH is 3. The number of rotatable bonds is 8. The van der Waals surface area contributed by atoms with Gasteiger partial charge in [0.1, 0.15) is 18.3 Å². The lowest BCUT2D eigenvalue weighted by Crippen LogP contribution is -2.33. The first kappa shape index (κ1) is 23.4. The number of nitro benzene ring substituents is 1. The monoisotopic (exact) mass is 474 g/mol. The van der Waals surface area contributed by atoms with E-state index >= 15 is 0 Å². The average molecular weight is 474 g/mol. The minimum Gasteiger partial charge on any atom is -0.476 e. The molecule has 1 amide bonds. The summed E-state index contributed by atoms with van der Waals surface area (Å²) in [5.74, 6) is -0.435. The third-order valence-electron chi connectivity index (χ3n) is 5.25. The van der Waals surface area contributed by atoms with Crippen molar-refractivity contribution in [3.8, 4) is 5.88 Å². The van der Waals surface area contributed by atoms with Gasteiger partial charge in [-0.2, -0.15) is 9.97 Å². The van der Waals surface area contributed by atoms with Gasteiger partial charge in [0.25, 0.3) is 5.69 Å². The first-order valence-corrected chi connectivity index (χ1v) is 10.3. The zero-order valence-corrected chi connectivity index (χ0v) is 17.9. The van der Waals surface area contributed by atoms with Crippen LogP contribution in [-0.2, 0) is 16.0 Å². The molecule has 180 valence electrons. The normalized spacial score (nSPS) is 22.1. The van der Waals surface area contributed by atoms with Crippen LogP contribution in [-0.4, -0.2) is 77.2 Å². The zero-order chi connectivity index (χ0) is 24.4. The smallest absolute Gasteiger partial charge is 0.269 e. The summed E-state index contributed by atoms with van der Waals surface area (Å²) in [6.07, 6.45) is -3.03. The Bertz CT molecular complexity index is 1200. The van der Waals surface area contributed by atoms with E-state index < -0.39 is 42.0 Å². The number of amides is 1. The number of nitrogens with one attached hydrogen (secondary N) is 1. The van der Waals surface area contributed by atoms with Gasteiger partial charge in [-0.1, -0.05) is 12.1 Å². The molecule has 4 N–H and O–H groups in total. The quantitative estimate of drug-likeness (QED) is 0.252. The maximum absolute atomic E-state index is 11.6. The van der Waals surface area contributed by atoms with Crippen LogP contribution in [0.4, 0.5) is 11.6 Å². The van der Waals surface area contributed by atoms with E-state index in [0.717, 1.165) is 5.56 Å². The Morgan fingerprint density at radius 3 is 2.62 bits per heavy atom. The summed E-state index contributed by atoms with van der Waals surface area (Å²) in [5, 5.41) is 43.1. The Kier molecular flexibility index (Phi) is 6.65. The van der Waals surface area contributed by atoms with Crippen molar-refractivity contribution in [3.63, 3.8) is 0 Å². The number of nitrogens with zero attached hydrogens (tertiary/aromatic N) is 5. The summed E-state index contributed by atoms with van der Waals surface area (Å²) in [7, 11) is 0. The van der Waals surface area contributed by atoms with E-state index in [1.54, 1.807) is 12.1 Å². The number of anilines is 1. The number of benzene rings is 1. The molecule has 4 atom stereocenters. The number of nitro groups is 1. The Labute approximate surface area is 192 Å². The molecule has 0 unspecified atom stereocenters. The highest BCUT2D eigenvalue weighted by molar-refractivity contribution is 5.88. The lowest BCUT2D eigenvalue weighted by Gasteiger charge is -2.17. The van der Waals surface area contributed by atoms with Gasteiger partial charge in [0.2, 0.25) is 17.7 Å². The van der Waals surface area contributed by atoms with Crippen LogP contribution >= 0.6 is 0 Å². The van der Waals surface area contributed by atoms with E-state index in [0.29, 0.717) is 6.42 Å². The van der Waals surface area contributed by atoms with Crippen molar-refractivity contribution in [3.05, 3.63) is 46.3 Å². The van der Waals surface area contributed by atoms with Crippen LogP contribution in [0.15, 0.2) is 30.6 Å². The second-order valence-electron chi connectivity index (χ2n) is 7.61. The van der Waals surface area contributed by atoms with Gasteiger partial charge < -0.3 is 24.8 Å². The van der Waals surface area contributed by atoms with Gasteiger partial charge in [-0.3, -0.25) is 24.8 Å². The fourth-order valence-electron chi connectivity index (χ4n) is 3.55. The number of aromatic nitrogens is 4. The summed E-state index contributed by atoms with van der Waals surface area (Å²) < 4.78 is 12.7. The lowest BCUT2D eigenvalue weighted by molar-refractivity contribution is -0.384. The van der Waals surface area contributed by atoms with Crippen LogP contribution in [0.2, 0.25) is 0 Å². The van der Waals surface area contributed by atoms with Crippen LogP contribution in [0.5, 0.6) is 5.88 Å². The Balaban J connectivity index is 1.59. The minimum atomic E-state index is -1.36. The molecule has 14 heteroatoms. The van der Waals surface area contributed by atoms with Crippen molar-refractivity contribution < 1.29 is 34.5 Å². The van der Waals surface area contributed by atoms with E-state index in [2.05, 4.69) is 20.3 Å². The first-order chi connectivity index (χ1) is 16.3. The third kappa shape index (κ3) is 4.65. The number of imidazole rings is 1. The van der Waals surface area contributed by atoms with E-state index in [1.807, 2.05) is 0 Å². The molecule has 0 spiro atoms. The highest BCUT2D eigenvalue weighted by Gasteiger charge is 2.44. The number of hydrogen-bond acceptors (Lipinski definition) is 11. The SMILES string of the molecule is CC(=O)Nc1nc(OCCc2ccc([N+](=O)[O-])cc2)c2ncn([C@@H]3O[C@H](CO)[C@@H](O)[C@H]3O)c2n1. The lowest BCUT2D eigenvalue weighted by atomic mass is 10.1. The fraction of sp³-hybridized carbons (Fsp3) is 0.400. The third-order valence-corrected chi connectivity index (χ3v) is 5.25. The maximum Gasteiger partial charge on any atom is 0.269 e. The molecule has 3 heterocycles. The van der Waals surface area contributed by atoms with Crippen LogP contribution in [0.3, 0.4) is 0 Å². The molecular weight excluding hydrogens is 452 g/mol. The molecule has 0 aliphatic carbocycles. The maximum atomic E-state index is 11.6. The highest BCUT2D eigenvalue weighted by atomic mass is 16.6. The van der Waals surface area contributed by atoms with Gasteiger partial charge in [0.05, 0.1) is 24.5 Å². The van der Waals surface area contributed by atoms with Crippen LogP contribution in [0, 0.1) is 10.1 Å². The largest absolute Gasteiger partial charge is 0.476 e. The number of fused-ring (bicyclic) bond motifs is 1. The standard InChI is InChI=1S/C20H22N6O8/c1-10(28)22-20-23-17-14(21-9-25(17)19-16(30)15(29)13(8-27)34-19)18(24-20)33-7-6-11-2-4-12(5-3-11)26(31)32/h2-5,9,13,15-16,19,27,29-30H,6-8H2,1H3,(H,22,23,24,28)/t13-,15-,16-,19-/m1/s1. The summed E-state index contributed by atoms with van der Waals surface area (Å²) >= 11 is 0. The Morgan fingerprint density at radius 2 is 2.00 bits per heavy atom. The summed E-state index contributed by atoms with van der Waals surface area (Å²) in [6, 6.07) is 6.04. The molecule has 1 saturated heterocycles. The van der Waals surface area contributed by atoms with Gasteiger partial charge in [-0.05, 0) is 5.56 Å². The Morgan fingerprint density at radius 1 is 1.26 bits per heavy atom. The fourth-order valence-corrected chi connectivity index (χ4v) is 3.55. The van der Waals surface area contributed by atoms with Crippen LogP contribution in [0.1, 0.15) is 18.7 Å². The van der Waals surface area contributed by atoms with E-state index in [1.165, 1.54) is 30.0 Å². The van der Waals surface area contributed by atoms with Crippen molar-refractivity contribution in [2.24, 2.45) is 0 Å². The molecule has 1 fully saturated rings. The highest BCUT2D eigenvalue weighted by Crippen LogP contribution is 2.33. The van der Waals surface area contributed by atoms with E-state index in [9.17, 15) is 30.2 Å². The topological polar surface area (TPSA) is 195 Å². The zero-order valence-electron chi connectivity index (χ0n) is 17.9. The van der Waals surface area contributed by atoms with Crippen molar-refractivity contribution in [2.45, 2.75) is 37.9 Å². The summed E-state index contributed by atoms with van der Waals surface area (Å²) in [5.41, 5.74) is 1.17. The molecule has 14 nitrogen and oxygen atoms in total. The average Bonchev–Trinajstić information content (AvgIpc) is 3.34. The summed E-state index contributed by atoms with van der Waals surface area (Å²) in [6.45, 7) is 0.931. The molecule has 34 heavy (non-hydrogen) atoms. The molecule has 0 radical (unpaired) electrons. The van der Waals surface area contributed by atoms with Crippen molar-refractivity contribution >= 4 is 28.7 Å². The predicted octanol–water partition coefficient (Wildman–Crippen LogP) is -0.0741. The number of aliphatic hydroxyl groups is 3. The molecule has 4 rings (SSSR count). The second-order valence-corrected chi connectivity index (χ2v) is 7.61. The first-order valence-electron chi connectivity index (χ1n) is 10.3. The van der Waals surface area contributed by atoms with Gasteiger partial charge in [-0.25, -0.2) is 4.98 Å². The second kappa shape index (κ2) is 9.64. The van der Waals surface area contributed by atoms with Gasteiger partial charge in [0.15, 0.2) is 17.4 Å². The molecule has 0 saturated carbocycles. The van der Waals surface area contributed by atoms with Crippen molar-refractivity contribution in [1.82, 2.24) is 19.5 Å². The molecule has 1 aromatic carbocycles. The molecular formula is C20H22N6O8. The number of ether oxygens (including phenoxy) is 2. The van der Waals surface area contributed by atoms with Crippen molar-refractivity contribution in [2.75, 3.05) is 18.5 Å². The van der Waals surface area contributed by atoms with Gasteiger partial charge >= 0.3 is 0 Å². The summed E-state index contributed by atoms with van der Waals surface area (Å²) in [4.78, 5) is 34.6.